The van der Waals surface area contributed by atoms with Crippen molar-refractivity contribution in [3.05, 3.63) is 140 Å². The van der Waals surface area contributed by atoms with E-state index < -0.39 is 21.9 Å². The van der Waals surface area contributed by atoms with Gasteiger partial charge in [-0.15, -0.1) is 0 Å². The maximum Gasteiger partial charge on any atom is 0.270 e. The highest BCUT2D eigenvalue weighted by molar-refractivity contribution is 5.85. The molecule has 4 aromatic rings. The highest BCUT2D eigenvalue weighted by atomic mass is 16.6. The first-order valence-corrected chi connectivity index (χ1v) is 11.4. The number of hydrogen-bond donors (Lipinski definition) is 2. The minimum absolute atomic E-state index is 0.159. The molecule has 0 saturated heterocycles. The Balaban J connectivity index is 1.82. The number of nitrogens with zero attached hydrogens (tertiary/aromatic N) is 4. The van der Waals surface area contributed by atoms with Crippen molar-refractivity contribution in [3.63, 3.8) is 0 Å². The molecule has 10 nitrogen and oxygen atoms in total. The molecule has 2 atom stereocenters. The summed E-state index contributed by atoms with van der Waals surface area (Å²) in [5.41, 5.74) is 1.46. The second kappa shape index (κ2) is 11.6. The van der Waals surface area contributed by atoms with Crippen LogP contribution in [0.4, 0.5) is 11.4 Å². The van der Waals surface area contributed by atoms with Crippen molar-refractivity contribution < 1.29 is 20.1 Å². The number of non-ortho nitro benzene ring substituents is 2. The molecule has 38 heavy (non-hydrogen) atoms. The van der Waals surface area contributed by atoms with Gasteiger partial charge in [-0.2, -0.15) is 0 Å². The van der Waals surface area contributed by atoms with Crippen LogP contribution in [0, 0.1) is 20.2 Å². The van der Waals surface area contributed by atoms with E-state index in [4.69, 9.17) is 9.98 Å². The molecule has 0 unspecified atom stereocenters. The van der Waals surface area contributed by atoms with E-state index in [1.165, 1.54) is 48.8 Å². The first-order chi connectivity index (χ1) is 18.3. The molecule has 0 aliphatic carbocycles. The fourth-order valence-corrected chi connectivity index (χ4v) is 3.84. The zero-order valence-corrected chi connectivity index (χ0v) is 19.9. The predicted molar refractivity (Wildman–Crippen MR) is 143 cm³/mol. The van der Waals surface area contributed by atoms with Crippen molar-refractivity contribution in [2.45, 2.75) is 12.1 Å². The van der Waals surface area contributed by atoms with Crippen LogP contribution in [0.25, 0.3) is 0 Å². The molecular formula is C28H22N4O6. The molecule has 0 amide bonds. The van der Waals surface area contributed by atoms with Gasteiger partial charge in [0.05, 0.1) is 9.85 Å². The maximum atomic E-state index is 11.2. The Hall–Kier alpha value is -5.38. The van der Waals surface area contributed by atoms with Gasteiger partial charge in [-0.25, -0.2) is 0 Å². The normalized spacial score (nSPS) is 12.9. The quantitative estimate of drug-likeness (QED) is 0.162. The van der Waals surface area contributed by atoms with Gasteiger partial charge >= 0.3 is 0 Å². The Bertz CT molecular complexity index is 1390. The first-order valence-electron chi connectivity index (χ1n) is 11.4. The second-order valence-electron chi connectivity index (χ2n) is 8.27. The van der Waals surface area contributed by atoms with Gasteiger partial charge in [0.2, 0.25) is 0 Å². The highest BCUT2D eigenvalue weighted by Crippen LogP contribution is 2.36. The van der Waals surface area contributed by atoms with E-state index in [2.05, 4.69) is 0 Å². The molecule has 0 radical (unpaired) electrons. The third kappa shape index (κ3) is 6.05. The Labute approximate surface area is 217 Å². The van der Waals surface area contributed by atoms with Gasteiger partial charge in [-0.3, -0.25) is 30.2 Å². The molecular weight excluding hydrogens is 488 g/mol. The molecule has 0 bridgehead atoms. The number of aliphatic imine (C=N–C) groups is 2. The van der Waals surface area contributed by atoms with Crippen LogP contribution < -0.4 is 0 Å². The molecule has 0 aromatic heterocycles. The molecule has 0 aliphatic rings. The van der Waals surface area contributed by atoms with E-state index in [0.717, 1.165) is 11.1 Å². The lowest BCUT2D eigenvalue weighted by molar-refractivity contribution is -0.385. The summed E-state index contributed by atoms with van der Waals surface area (Å²) < 4.78 is 0. The average Bonchev–Trinajstić information content (AvgIpc) is 2.93. The molecule has 0 heterocycles. The zero-order valence-electron chi connectivity index (χ0n) is 19.9. The van der Waals surface area contributed by atoms with Gasteiger partial charge < -0.3 is 10.2 Å². The van der Waals surface area contributed by atoms with Crippen LogP contribution in [0.15, 0.2) is 107 Å². The van der Waals surface area contributed by atoms with Gasteiger partial charge in [0, 0.05) is 47.8 Å². The van der Waals surface area contributed by atoms with E-state index in [0.29, 0.717) is 0 Å². The largest absolute Gasteiger partial charge is 0.507 e. The molecule has 2 N–H and O–H groups in total. The van der Waals surface area contributed by atoms with E-state index in [9.17, 15) is 30.4 Å². The maximum absolute atomic E-state index is 11.2. The highest BCUT2D eigenvalue weighted by Gasteiger charge is 2.24. The minimum atomic E-state index is -0.658. The van der Waals surface area contributed by atoms with E-state index >= 15 is 0 Å². The Morgan fingerprint density at radius 1 is 0.605 bits per heavy atom. The summed E-state index contributed by atoms with van der Waals surface area (Å²) in [5.74, 6) is -0.347. The third-order valence-electron chi connectivity index (χ3n) is 5.77. The van der Waals surface area contributed by atoms with Crippen molar-refractivity contribution in [2.24, 2.45) is 9.98 Å². The molecule has 10 heteroatoms. The van der Waals surface area contributed by atoms with E-state index in [-0.39, 0.29) is 34.0 Å². The van der Waals surface area contributed by atoms with Gasteiger partial charge in [0.15, 0.2) is 0 Å². The van der Waals surface area contributed by atoms with E-state index in [1.807, 2.05) is 60.7 Å². The fraction of sp³-hybridized carbons (Fsp3) is 0.0714. The van der Waals surface area contributed by atoms with E-state index in [1.54, 1.807) is 0 Å². The topological polar surface area (TPSA) is 151 Å². The number of hydrogen-bond acceptors (Lipinski definition) is 8. The van der Waals surface area contributed by atoms with Crippen LogP contribution in [0.1, 0.15) is 34.3 Å². The van der Waals surface area contributed by atoms with Crippen LogP contribution in [0.3, 0.4) is 0 Å². The third-order valence-corrected chi connectivity index (χ3v) is 5.77. The Morgan fingerprint density at radius 3 is 1.32 bits per heavy atom. The summed E-state index contributed by atoms with van der Waals surface area (Å²) in [7, 11) is 0. The Morgan fingerprint density at radius 2 is 0.974 bits per heavy atom. The number of nitro groups is 2. The van der Waals surface area contributed by atoms with Gasteiger partial charge in [-0.05, 0) is 23.3 Å². The SMILES string of the molecule is O=[N+]([O-])c1ccc(O)c(C=N[C@H](c2ccccc2)[C@H](N=Cc2cc([N+](=O)[O-])ccc2O)c2ccccc2)c1. The molecule has 0 aliphatic heterocycles. The van der Waals surface area contributed by atoms with Crippen molar-refractivity contribution in [1.29, 1.82) is 0 Å². The standard InChI is InChI=1S/C28H22N4O6/c33-25-13-11-23(31(35)36)15-21(25)17-29-27(19-7-3-1-4-8-19)28(20-9-5-2-6-10-20)30-18-22-16-24(32(37)38)12-14-26(22)34/h1-18,27-28,33-34H/t27-,28-/m1/s1. The van der Waals surface area contributed by atoms with Crippen LogP contribution in [-0.2, 0) is 0 Å². The molecule has 4 aromatic carbocycles. The summed E-state index contributed by atoms with van der Waals surface area (Å²) in [4.78, 5) is 30.7. The summed E-state index contributed by atoms with van der Waals surface area (Å²) in [6.45, 7) is 0. The van der Waals surface area contributed by atoms with Gasteiger partial charge in [0.1, 0.15) is 23.6 Å². The number of nitro benzene ring substituents is 2. The minimum Gasteiger partial charge on any atom is -0.507 e. The fourth-order valence-electron chi connectivity index (χ4n) is 3.84. The summed E-state index contributed by atoms with van der Waals surface area (Å²) in [5, 5.41) is 43.0. The summed E-state index contributed by atoms with van der Waals surface area (Å²) >= 11 is 0. The summed E-state index contributed by atoms with van der Waals surface area (Å²) in [6.07, 6.45) is 2.71. The first kappa shape index (κ1) is 25.7. The van der Waals surface area contributed by atoms with Crippen LogP contribution >= 0.6 is 0 Å². The van der Waals surface area contributed by atoms with Crippen LogP contribution in [0.2, 0.25) is 0 Å². The lowest BCUT2D eigenvalue weighted by Gasteiger charge is -2.22. The summed E-state index contributed by atoms with van der Waals surface area (Å²) in [6, 6.07) is 24.4. The predicted octanol–water partition coefficient (Wildman–Crippen LogP) is 5.93. The molecule has 0 saturated carbocycles. The van der Waals surface area contributed by atoms with Crippen molar-refractivity contribution in [3.8, 4) is 11.5 Å². The average molecular weight is 511 g/mol. The van der Waals surface area contributed by atoms with Gasteiger partial charge in [-0.1, -0.05) is 60.7 Å². The van der Waals surface area contributed by atoms with Gasteiger partial charge in [0.25, 0.3) is 11.4 Å². The number of phenols is 2. The van der Waals surface area contributed by atoms with Crippen molar-refractivity contribution >= 4 is 23.8 Å². The smallest absolute Gasteiger partial charge is 0.270 e. The molecule has 0 fully saturated rings. The lowest BCUT2D eigenvalue weighted by atomic mass is 9.94. The second-order valence-corrected chi connectivity index (χ2v) is 8.27. The Kier molecular flexibility index (Phi) is 7.83. The van der Waals surface area contributed by atoms with Crippen molar-refractivity contribution in [1.82, 2.24) is 0 Å². The monoisotopic (exact) mass is 510 g/mol. The zero-order chi connectivity index (χ0) is 27.1. The number of rotatable bonds is 9. The molecule has 190 valence electrons. The number of phenolic OH excluding ortho intramolecular Hbond substituents is 2. The molecule has 0 spiro atoms. The number of benzene rings is 4. The molecule has 4 rings (SSSR count). The number of aromatic hydroxyl groups is 2. The van der Waals surface area contributed by atoms with Crippen molar-refractivity contribution in [2.75, 3.05) is 0 Å². The lowest BCUT2D eigenvalue weighted by Crippen LogP contribution is -2.09. The van der Waals surface area contributed by atoms with Crippen LogP contribution in [0.5, 0.6) is 11.5 Å². The van der Waals surface area contributed by atoms with Crippen LogP contribution in [-0.4, -0.2) is 32.5 Å².